The van der Waals surface area contributed by atoms with E-state index in [1.165, 1.54) is 38.2 Å². The van der Waals surface area contributed by atoms with E-state index < -0.39 is 59.1 Å². The zero-order valence-corrected chi connectivity index (χ0v) is 23.8. The number of carbonyl (C=O) groups is 5. The summed E-state index contributed by atoms with van der Waals surface area (Å²) in [6, 6.07) is 0. The standard InChI is InChI=1S/C29H32O14/c1-4-16-37-20(30)10-11-27(3)38-23(33)18(24(34)39-27)8-6-5-7-9-19-25(35)42-29(43-26(19)36)14-12-28(13-15-29)40-21(31)17(2)22(32)41-28/h5-9,31,33H,4,10-16H2,1-3H3. The minimum absolute atomic E-state index is 0.000119. The molecule has 0 aromatic carbocycles. The van der Waals surface area contributed by atoms with Crippen LogP contribution in [0, 0.1) is 0 Å². The highest BCUT2D eigenvalue weighted by Crippen LogP contribution is 2.45. The summed E-state index contributed by atoms with van der Waals surface area (Å²) in [5.74, 6) is -9.78. The van der Waals surface area contributed by atoms with E-state index in [0.29, 0.717) is 6.42 Å². The van der Waals surface area contributed by atoms with Crippen molar-refractivity contribution in [2.24, 2.45) is 0 Å². The Morgan fingerprint density at radius 1 is 0.814 bits per heavy atom. The largest absolute Gasteiger partial charge is 0.481 e. The van der Waals surface area contributed by atoms with E-state index in [-0.39, 0.29) is 61.9 Å². The van der Waals surface area contributed by atoms with Crippen molar-refractivity contribution < 1.29 is 67.3 Å². The van der Waals surface area contributed by atoms with E-state index in [2.05, 4.69) is 0 Å². The highest BCUT2D eigenvalue weighted by Gasteiger charge is 2.55. The van der Waals surface area contributed by atoms with Crippen molar-refractivity contribution >= 4 is 29.8 Å². The van der Waals surface area contributed by atoms with Gasteiger partial charge in [0.15, 0.2) is 0 Å². The van der Waals surface area contributed by atoms with E-state index in [9.17, 15) is 34.2 Å². The van der Waals surface area contributed by atoms with E-state index >= 15 is 0 Å². The summed E-state index contributed by atoms with van der Waals surface area (Å²) < 4.78 is 37.2. The molecular weight excluding hydrogens is 572 g/mol. The third kappa shape index (κ3) is 7.01. The molecule has 3 aliphatic heterocycles. The predicted molar refractivity (Wildman–Crippen MR) is 141 cm³/mol. The van der Waals surface area contributed by atoms with E-state index in [1.54, 1.807) is 0 Å². The van der Waals surface area contributed by atoms with Gasteiger partial charge in [0.05, 0.1) is 13.0 Å². The normalized spacial score (nSPS) is 29.3. The average Bonchev–Trinajstić information content (AvgIpc) is 2.93. The van der Waals surface area contributed by atoms with Crippen LogP contribution in [0.3, 0.4) is 0 Å². The monoisotopic (exact) mass is 604 g/mol. The van der Waals surface area contributed by atoms with Gasteiger partial charge in [0, 0.05) is 39.0 Å². The summed E-state index contributed by atoms with van der Waals surface area (Å²) in [6.45, 7) is 4.88. The van der Waals surface area contributed by atoms with Gasteiger partial charge in [-0.15, -0.1) is 0 Å². The van der Waals surface area contributed by atoms with Crippen LogP contribution in [0.5, 0.6) is 0 Å². The topological polar surface area (TPSA) is 190 Å². The molecule has 2 spiro atoms. The maximum Gasteiger partial charge on any atom is 0.348 e. The highest BCUT2D eigenvalue weighted by atomic mass is 16.8. The maximum absolute atomic E-state index is 12.6. The fraction of sp³-hybridized carbons (Fsp3) is 0.483. The highest BCUT2D eigenvalue weighted by molar-refractivity contribution is 6.15. The van der Waals surface area contributed by atoms with Crippen molar-refractivity contribution in [1.82, 2.24) is 0 Å². The van der Waals surface area contributed by atoms with Gasteiger partial charge in [0.25, 0.3) is 29.3 Å². The minimum atomic E-state index is -1.57. The Morgan fingerprint density at radius 3 is 2.00 bits per heavy atom. The Kier molecular flexibility index (Phi) is 8.88. The molecule has 0 aromatic rings. The number of cyclic esters (lactones) is 1. The number of hydrogen-bond donors (Lipinski definition) is 2. The SMILES string of the molecule is CCCOC(=O)CCC1(C)OC(=O)C(C=CC=CC=C2C(=O)OC3(CCC4(CC3)OC(=O)C(C)=C(O)O4)OC2=O)=C(O)O1. The zero-order valence-electron chi connectivity index (χ0n) is 23.8. The average molecular weight is 605 g/mol. The van der Waals surface area contributed by atoms with Crippen LogP contribution in [0.2, 0.25) is 0 Å². The lowest BCUT2D eigenvalue weighted by molar-refractivity contribution is -0.297. The molecule has 1 saturated heterocycles. The quantitative estimate of drug-likeness (QED) is 0.135. The molecule has 43 heavy (non-hydrogen) atoms. The molecule has 1 atom stereocenters. The van der Waals surface area contributed by atoms with Crippen LogP contribution in [-0.2, 0) is 57.1 Å². The van der Waals surface area contributed by atoms with E-state index in [1.807, 2.05) is 6.92 Å². The second-order valence-corrected chi connectivity index (χ2v) is 10.4. The molecule has 1 aliphatic carbocycles. The number of allylic oxidation sites excluding steroid dienone is 4. The van der Waals surface area contributed by atoms with Gasteiger partial charge in [-0.3, -0.25) is 4.79 Å². The zero-order chi connectivity index (χ0) is 31.4. The molecular formula is C29H32O14. The molecule has 4 aliphatic rings. The third-order valence-corrected chi connectivity index (χ3v) is 7.03. The first-order valence-electron chi connectivity index (χ1n) is 13.6. The van der Waals surface area contributed by atoms with Crippen LogP contribution < -0.4 is 0 Å². The first kappa shape index (κ1) is 31.2. The minimum Gasteiger partial charge on any atom is -0.481 e. The fourth-order valence-corrected chi connectivity index (χ4v) is 4.56. The van der Waals surface area contributed by atoms with Crippen LogP contribution in [-0.4, -0.2) is 64.0 Å². The van der Waals surface area contributed by atoms with Crippen LogP contribution in [0.4, 0.5) is 0 Å². The first-order valence-corrected chi connectivity index (χ1v) is 13.6. The van der Waals surface area contributed by atoms with Gasteiger partial charge in [0.2, 0.25) is 0 Å². The van der Waals surface area contributed by atoms with Gasteiger partial charge in [-0.05, 0) is 25.5 Å². The number of aliphatic hydroxyl groups excluding tert-OH is 2. The van der Waals surface area contributed by atoms with Gasteiger partial charge in [0.1, 0.15) is 16.7 Å². The van der Waals surface area contributed by atoms with Gasteiger partial charge in [-0.2, -0.15) is 0 Å². The first-order chi connectivity index (χ1) is 20.3. The summed E-state index contributed by atoms with van der Waals surface area (Å²) in [6.07, 6.45) is 6.84. The van der Waals surface area contributed by atoms with E-state index in [4.69, 9.17) is 33.2 Å². The van der Waals surface area contributed by atoms with Crippen molar-refractivity contribution in [3.05, 3.63) is 59.0 Å². The number of rotatable bonds is 8. The molecule has 3 heterocycles. The summed E-state index contributed by atoms with van der Waals surface area (Å²) in [7, 11) is 0. The van der Waals surface area contributed by atoms with Crippen molar-refractivity contribution in [2.75, 3.05) is 6.61 Å². The Bertz CT molecular complexity index is 1330. The van der Waals surface area contributed by atoms with Gasteiger partial charge in [-0.1, -0.05) is 25.2 Å². The number of carbonyl (C=O) groups excluding carboxylic acids is 5. The molecule has 2 fully saturated rings. The molecule has 14 nitrogen and oxygen atoms in total. The van der Waals surface area contributed by atoms with Crippen molar-refractivity contribution in [2.45, 2.75) is 83.1 Å². The third-order valence-electron chi connectivity index (χ3n) is 7.03. The number of esters is 5. The lowest BCUT2D eigenvalue weighted by atomic mass is 9.87. The molecule has 14 heteroatoms. The lowest BCUT2D eigenvalue weighted by Gasteiger charge is -2.45. The maximum atomic E-state index is 12.6. The van der Waals surface area contributed by atoms with Crippen molar-refractivity contribution in [3.63, 3.8) is 0 Å². The van der Waals surface area contributed by atoms with Crippen LogP contribution in [0.25, 0.3) is 0 Å². The Morgan fingerprint density at radius 2 is 1.42 bits per heavy atom. The summed E-state index contributed by atoms with van der Waals surface area (Å²) in [5.41, 5.74) is -0.743. The smallest absolute Gasteiger partial charge is 0.348 e. The Hall–Kier alpha value is -4.75. The van der Waals surface area contributed by atoms with Gasteiger partial charge in [-0.25, -0.2) is 19.2 Å². The number of ether oxygens (including phenoxy) is 7. The van der Waals surface area contributed by atoms with Crippen molar-refractivity contribution in [3.8, 4) is 0 Å². The Labute approximate surface area is 246 Å². The van der Waals surface area contributed by atoms with E-state index in [0.717, 1.165) is 6.08 Å². The summed E-state index contributed by atoms with van der Waals surface area (Å²) in [5, 5.41) is 20.1. The lowest BCUT2D eigenvalue weighted by Crippen LogP contribution is -2.54. The van der Waals surface area contributed by atoms with Crippen molar-refractivity contribution in [1.29, 1.82) is 0 Å². The summed E-state index contributed by atoms with van der Waals surface area (Å²) in [4.78, 5) is 61.4. The predicted octanol–water partition coefficient (Wildman–Crippen LogP) is 3.25. The molecule has 1 unspecified atom stereocenters. The van der Waals surface area contributed by atoms with Crippen LogP contribution in [0.15, 0.2) is 59.0 Å². The van der Waals surface area contributed by atoms with Crippen LogP contribution in [0.1, 0.15) is 65.7 Å². The molecule has 0 aromatic heterocycles. The fourth-order valence-electron chi connectivity index (χ4n) is 4.56. The molecule has 0 radical (unpaired) electrons. The van der Waals surface area contributed by atoms with Gasteiger partial charge >= 0.3 is 29.8 Å². The number of aliphatic hydroxyl groups is 2. The summed E-state index contributed by atoms with van der Waals surface area (Å²) >= 11 is 0. The second-order valence-electron chi connectivity index (χ2n) is 10.4. The molecule has 0 amide bonds. The second kappa shape index (κ2) is 12.2. The molecule has 4 rings (SSSR count). The molecule has 232 valence electrons. The molecule has 2 N–H and O–H groups in total. The molecule has 1 saturated carbocycles. The van der Waals surface area contributed by atoms with Crippen LogP contribution >= 0.6 is 0 Å². The number of hydrogen-bond acceptors (Lipinski definition) is 14. The Balaban J connectivity index is 1.32. The van der Waals surface area contributed by atoms with Gasteiger partial charge < -0.3 is 43.4 Å². The molecule has 0 bridgehead atoms.